The molecule has 6 nitrogen and oxygen atoms in total. The van der Waals surface area contributed by atoms with Crippen LogP contribution in [0, 0.1) is 13.8 Å². The maximum absolute atomic E-state index is 12.9. The number of esters is 2. The van der Waals surface area contributed by atoms with Gasteiger partial charge in [0.05, 0.1) is 24.3 Å². The second kappa shape index (κ2) is 11.1. The van der Waals surface area contributed by atoms with Gasteiger partial charge in [0.2, 0.25) is 0 Å². The van der Waals surface area contributed by atoms with Gasteiger partial charge in [0.25, 0.3) is 0 Å². The van der Waals surface area contributed by atoms with Crippen molar-refractivity contribution in [2.24, 2.45) is 0 Å². The van der Waals surface area contributed by atoms with Crippen molar-refractivity contribution in [2.45, 2.75) is 38.3 Å². The minimum Gasteiger partial charge on any atom is -0.453 e. The molecule has 4 aromatic rings. The first kappa shape index (κ1) is 26.0. The molecule has 0 aromatic heterocycles. The first-order chi connectivity index (χ1) is 19.4. The lowest BCUT2D eigenvalue weighted by atomic mass is 10.0. The molecule has 0 aliphatic carbocycles. The number of hydrogen-bond acceptors (Lipinski definition) is 6. The van der Waals surface area contributed by atoms with Crippen LogP contribution in [-0.2, 0) is 18.9 Å². The lowest BCUT2D eigenvalue weighted by Crippen LogP contribution is -2.36. The molecule has 0 unspecified atom stereocenters. The van der Waals surface area contributed by atoms with Crippen molar-refractivity contribution in [1.82, 2.24) is 0 Å². The quantitative estimate of drug-likeness (QED) is 0.275. The summed E-state index contributed by atoms with van der Waals surface area (Å²) in [7, 11) is 0. The average molecular weight is 535 g/mol. The van der Waals surface area contributed by atoms with Gasteiger partial charge >= 0.3 is 11.9 Å². The fourth-order valence-electron chi connectivity index (χ4n) is 5.13. The Labute approximate surface area is 233 Å². The molecule has 0 N–H and O–H groups in total. The summed E-state index contributed by atoms with van der Waals surface area (Å²) in [5.41, 5.74) is 7.51. The molecule has 4 atom stereocenters. The van der Waals surface area contributed by atoms with Gasteiger partial charge in [-0.2, -0.15) is 0 Å². The van der Waals surface area contributed by atoms with E-state index >= 15 is 0 Å². The lowest BCUT2D eigenvalue weighted by Gasteiger charge is -2.17. The van der Waals surface area contributed by atoms with Crippen molar-refractivity contribution in [2.75, 3.05) is 13.2 Å². The predicted octanol–water partition coefficient (Wildman–Crippen LogP) is 6.19. The topological polar surface area (TPSA) is 71.1 Å². The van der Waals surface area contributed by atoms with Crippen molar-refractivity contribution >= 4 is 11.9 Å². The molecule has 2 fully saturated rings. The molecule has 0 bridgehead atoms. The number of carbonyl (C=O) groups excluding carboxylic acids is 2. The molecule has 40 heavy (non-hydrogen) atoms. The number of fused-ring (bicyclic) bond motifs is 1. The van der Waals surface area contributed by atoms with Crippen LogP contribution in [-0.4, -0.2) is 49.6 Å². The Morgan fingerprint density at radius 2 is 0.825 bits per heavy atom. The van der Waals surface area contributed by atoms with Crippen LogP contribution in [0.25, 0.3) is 22.3 Å². The summed E-state index contributed by atoms with van der Waals surface area (Å²) in [5.74, 6) is -0.884. The number of rotatable bonds is 6. The second-order valence-electron chi connectivity index (χ2n) is 10.4. The highest BCUT2D eigenvalue weighted by atomic mass is 16.7. The maximum atomic E-state index is 12.9. The summed E-state index contributed by atoms with van der Waals surface area (Å²) in [6, 6.07) is 31.1. The van der Waals surface area contributed by atoms with Gasteiger partial charge in [0.1, 0.15) is 12.2 Å². The maximum Gasteiger partial charge on any atom is 0.338 e. The van der Waals surface area contributed by atoms with Gasteiger partial charge in [-0.3, -0.25) is 0 Å². The Morgan fingerprint density at radius 1 is 0.525 bits per heavy atom. The van der Waals surface area contributed by atoms with Gasteiger partial charge in [-0.15, -0.1) is 0 Å². The molecular weight excluding hydrogens is 504 g/mol. The Hall–Kier alpha value is -4.26. The molecule has 4 aromatic carbocycles. The minimum absolute atomic E-state index is 0.182. The van der Waals surface area contributed by atoms with Gasteiger partial charge in [-0.25, -0.2) is 9.59 Å². The fraction of sp³-hybridized carbons (Fsp3) is 0.235. The first-order valence-corrected chi connectivity index (χ1v) is 13.4. The van der Waals surface area contributed by atoms with E-state index in [0.29, 0.717) is 11.1 Å². The number of hydrogen-bond donors (Lipinski definition) is 0. The highest BCUT2D eigenvalue weighted by Gasteiger charge is 2.51. The Balaban J connectivity index is 1.04. The van der Waals surface area contributed by atoms with Crippen LogP contribution in [0.5, 0.6) is 0 Å². The molecule has 6 rings (SSSR count). The molecule has 6 heteroatoms. The third-order valence-corrected chi connectivity index (χ3v) is 7.49. The van der Waals surface area contributed by atoms with Gasteiger partial charge in [-0.1, -0.05) is 83.9 Å². The van der Waals surface area contributed by atoms with Crippen LogP contribution in [0.1, 0.15) is 31.8 Å². The highest BCUT2D eigenvalue weighted by Crippen LogP contribution is 2.32. The van der Waals surface area contributed by atoms with Crippen molar-refractivity contribution in [3.8, 4) is 22.3 Å². The zero-order chi connectivity index (χ0) is 27.6. The molecule has 202 valence electrons. The van der Waals surface area contributed by atoms with Crippen molar-refractivity contribution in [1.29, 1.82) is 0 Å². The molecule has 0 spiro atoms. The molecule has 2 heterocycles. The largest absolute Gasteiger partial charge is 0.453 e. The smallest absolute Gasteiger partial charge is 0.338 e. The van der Waals surface area contributed by atoms with Crippen LogP contribution >= 0.6 is 0 Å². The monoisotopic (exact) mass is 534 g/mol. The van der Waals surface area contributed by atoms with Crippen LogP contribution < -0.4 is 0 Å². The van der Waals surface area contributed by atoms with Crippen molar-refractivity contribution in [3.05, 3.63) is 119 Å². The molecule has 0 saturated carbocycles. The third kappa shape index (κ3) is 5.41. The van der Waals surface area contributed by atoms with E-state index in [9.17, 15) is 9.59 Å². The minimum atomic E-state index is -0.577. The zero-order valence-corrected chi connectivity index (χ0v) is 22.4. The number of carbonyl (C=O) groups is 2. The van der Waals surface area contributed by atoms with E-state index in [-0.39, 0.29) is 13.2 Å². The SMILES string of the molecule is Cc1ccc(-c2ccc(C(=O)O[C@H]3CO[C@H]4[C@@H]3OC[C@H]4OC(=O)c3ccc(-c4ccc(C)cc4)cc3)cc2)cc1. The van der Waals surface area contributed by atoms with Crippen molar-refractivity contribution < 1.29 is 28.5 Å². The van der Waals surface area contributed by atoms with E-state index in [1.807, 2.05) is 38.1 Å². The summed E-state index contributed by atoms with van der Waals surface area (Å²) < 4.78 is 23.2. The van der Waals surface area contributed by atoms with E-state index in [1.54, 1.807) is 24.3 Å². The van der Waals surface area contributed by atoms with E-state index in [4.69, 9.17) is 18.9 Å². The van der Waals surface area contributed by atoms with E-state index in [2.05, 4.69) is 48.5 Å². The number of benzene rings is 4. The summed E-state index contributed by atoms with van der Waals surface area (Å²) in [6.45, 7) is 4.46. The normalized spacial score (nSPS) is 21.6. The Kier molecular flexibility index (Phi) is 7.20. The summed E-state index contributed by atoms with van der Waals surface area (Å²) >= 11 is 0. The molecule has 2 aliphatic heterocycles. The number of aryl methyl sites for hydroxylation is 2. The molecule has 2 aliphatic rings. The van der Waals surface area contributed by atoms with Gasteiger partial charge in [0.15, 0.2) is 12.2 Å². The summed E-state index contributed by atoms with van der Waals surface area (Å²) in [4.78, 5) is 25.7. The van der Waals surface area contributed by atoms with Crippen LogP contribution in [0.3, 0.4) is 0 Å². The predicted molar refractivity (Wildman–Crippen MR) is 151 cm³/mol. The van der Waals surface area contributed by atoms with Gasteiger partial charge < -0.3 is 18.9 Å². The molecule has 2 saturated heterocycles. The van der Waals surface area contributed by atoms with Crippen LogP contribution in [0.4, 0.5) is 0 Å². The van der Waals surface area contributed by atoms with Gasteiger partial charge in [-0.05, 0) is 60.4 Å². The number of ether oxygens (including phenoxy) is 4. The highest BCUT2D eigenvalue weighted by molar-refractivity contribution is 5.91. The Bertz CT molecular complexity index is 1370. The second-order valence-corrected chi connectivity index (χ2v) is 10.4. The third-order valence-electron chi connectivity index (χ3n) is 7.49. The standard InChI is InChI=1S/C34H30O6/c1-21-3-7-23(8-4-21)25-11-15-27(16-12-25)33(35)39-29-19-37-32-30(20-38-31(29)32)40-34(36)28-17-13-26(14-18-28)24-9-5-22(2)6-10-24/h3-18,29-32H,19-20H2,1-2H3/t29-,30+,31-,32-/m1/s1. The van der Waals surface area contributed by atoms with E-state index in [0.717, 1.165) is 22.3 Å². The summed E-state index contributed by atoms with van der Waals surface area (Å²) in [6.07, 6.45) is -2.13. The summed E-state index contributed by atoms with van der Waals surface area (Å²) in [5, 5.41) is 0. The van der Waals surface area contributed by atoms with E-state index < -0.39 is 36.4 Å². The van der Waals surface area contributed by atoms with Crippen LogP contribution in [0.15, 0.2) is 97.1 Å². The molecule has 0 radical (unpaired) electrons. The van der Waals surface area contributed by atoms with Gasteiger partial charge in [0, 0.05) is 0 Å². The molecular formula is C34H30O6. The Morgan fingerprint density at radius 3 is 1.15 bits per heavy atom. The van der Waals surface area contributed by atoms with Crippen molar-refractivity contribution in [3.63, 3.8) is 0 Å². The lowest BCUT2D eigenvalue weighted by molar-refractivity contribution is -0.0287. The van der Waals surface area contributed by atoms with Crippen LogP contribution in [0.2, 0.25) is 0 Å². The average Bonchev–Trinajstić information content (AvgIpc) is 3.57. The van der Waals surface area contributed by atoms with E-state index in [1.165, 1.54) is 11.1 Å². The first-order valence-electron chi connectivity index (χ1n) is 13.4. The zero-order valence-electron chi connectivity index (χ0n) is 22.4. The fourth-order valence-corrected chi connectivity index (χ4v) is 5.13. The molecule has 0 amide bonds.